The molecule has 7 heteroatoms. The topological polar surface area (TPSA) is 57.7 Å². The molecule has 2 rings (SSSR count). The van der Waals surface area contributed by atoms with E-state index in [2.05, 4.69) is 0 Å². The number of halogens is 1. The van der Waals surface area contributed by atoms with Crippen LogP contribution in [-0.4, -0.2) is 39.1 Å². The van der Waals surface area contributed by atoms with Gasteiger partial charge in [0.1, 0.15) is 5.82 Å². The van der Waals surface area contributed by atoms with Gasteiger partial charge in [-0.3, -0.25) is 9.10 Å². The monoisotopic (exact) mass is 378 g/mol. The molecule has 0 aliphatic carbocycles. The summed E-state index contributed by atoms with van der Waals surface area (Å²) < 4.78 is 38.3. The molecule has 0 aliphatic rings. The maximum atomic E-state index is 13.1. The zero-order valence-corrected chi connectivity index (χ0v) is 15.7. The first-order valence-electron chi connectivity index (χ1n) is 8.28. The van der Waals surface area contributed by atoms with Gasteiger partial charge in [-0.2, -0.15) is 0 Å². The van der Waals surface area contributed by atoms with Gasteiger partial charge < -0.3 is 4.90 Å². The van der Waals surface area contributed by atoms with Crippen LogP contribution < -0.4 is 4.31 Å². The van der Waals surface area contributed by atoms with Gasteiger partial charge in [0, 0.05) is 26.6 Å². The number of amides is 1. The number of carbonyl (C=O) groups excluding carboxylic acids is 1. The smallest absolute Gasteiger partial charge is 0.232 e. The van der Waals surface area contributed by atoms with Crippen molar-refractivity contribution in [2.45, 2.75) is 19.4 Å². The molecule has 0 atom stereocenters. The molecule has 2 aromatic carbocycles. The molecule has 0 spiro atoms. The first kappa shape index (κ1) is 19.9. The van der Waals surface area contributed by atoms with Crippen molar-refractivity contribution in [3.63, 3.8) is 0 Å². The Hall–Kier alpha value is -2.41. The summed E-state index contributed by atoms with van der Waals surface area (Å²) in [7, 11) is -1.79. The first-order valence-corrected chi connectivity index (χ1v) is 10.1. The van der Waals surface area contributed by atoms with Crippen molar-refractivity contribution in [2.24, 2.45) is 0 Å². The molecule has 0 bridgehead atoms. The fourth-order valence-electron chi connectivity index (χ4n) is 2.60. The highest BCUT2D eigenvalue weighted by Gasteiger charge is 2.18. The minimum atomic E-state index is -3.51. The summed E-state index contributed by atoms with van der Waals surface area (Å²) in [5, 5.41) is 0. The van der Waals surface area contributed by atoms with Gasteiger partial charge in [0.2, 0.25) is 15.9 Å². The Balaban J connectivity index is 1.92. The van der Waals surface area contributed by atoms with E-state index in [1.54, 1.807) is 11.9 Å². The summed E-state index contributed by atoms with van der Waals surface area (Å²) in [6.45, 7) is 0.669. The maximum Gasteiger partial charge on any atom is 0.232 e. The minimum absolute atomic E-state index is 0.0542. The molecule has 0 aliphatic heterocycles. The number of hydrogen-bond acceptors (Lipinski definition) is 3. The van der Waals surface area contributed by atoms with E-state index in [4.69, 9.17) is 0 Å². The predicted octanol–water partition coefficient (Wildman–Crippen LogP) is 3.03. The maximum absolute atomic E-state index is 13.1. The van der Waals surface area contributed by atoms with E-state index in [-0.39, 0.29) is 18.9 Å². The van der Waals surface area contributed by atoms with Crippen molar-refractivity contribution >= 4 is 21.6 Å². The van der Waals surface area contributed by atoms with Crippen LogP contribution in [0.5, 0.6) is 0 Å². The van der Waals surface area contributed by atoms with E-state index in [9.17, 15) is 17.6 Å². The van der Waals surface area contributed by atoms with E-state index >= 15 is 0 Å². The minimum Gasteiger partial charge on any atom is -0.341 e. The van der Waals surface area contributed by atoms with Gasteiger partial charge in [-0.25, -0.2) is 12.8 Å². The molecule has 0 unspecified atom stereocenters. The number of carbonyl (C=O) groups is 1. The van der Waals surface area contributed by atoms with Crippen LogP contribution in [0.1, 0.15) is 18.4 Å². The quantitative estimate of drug-likeness (QED) is 0.709. The third kappa shape index (κ3) is 5.84. The fourth-order valence-corrected chi connectivity index (χ4v) is 3.57. The Morgan fingerprint density at radius 1 is 1.04 bits per heavy atom. The number of nitrogens with zero attached hydrogens (tertiary/aromatic N) is 2. The van der Waals surface area contributed by atoms with Crippen LogP contribution >= 0.6 is 0 Å². The number of sulfonamides is 1. The highest BCUT2D eigenvalue weighted by molar-refractivity contribution is 7.92. The Morgan fingerprint density at radius 3 is 2.23 bits per heavy atom. The molecule has 0 N–H and O–H groups in total. The zero-order valence-electron chi connectivity index (χ0n) is 14.9. The molecule has 0 saturated carbocycles. The van der Waals surface area contributed by atoms with E-state index in [0.717, 1.165) is 11.8 Å². The predicted molar refractivity (Wildman–Crippen MR) is 101 cm³/mol. The molecule has 26 heavy (non-hydrogen) atoms. The summed E-state index contributed by atoms with van der Waals surface area (Å²) in [4.78, 5) is 13.9. The normalized spacial score (nSPS) is 11.2. The van der Waals surface area contributed by atoms with Crippen molar-refractivity contribution in [3.8, 4) is 0 Å². The number of rotatable bonds is 8. The average molecular weight is 378 g/mol. The van der Waals surface area contributed by atoms with Crippen LogP contribution in [0.15, 0.2) is 54.6 Å². The van der Waals surface area contributed by atoms with Crippen LogP contribution in [0, 0.1) is 5.82 Å². The van der Waals surface area contributed by atoms with E-state index < -0.39 is 15.8 Å². The lowest BCUT2D eigenvalue weighted by molar-refractivity contribution is -0.130. The van der Waals surface area contributed by atoms with Crippen LogP contribution in [0.4, 0.5) is 10.1 Å². The van der Waals surface area contributed by atoms with Gasteiger partial charge in [0.25, 0.3) is 0 Å². The van der Waals surface area contributed by atoms with Gasteiger partial charge in [-0.15, -0.1) is 0 Å². The summed E-state index contributed by atoms with van der Waals surface area (Å²) in [5.41, 5.74) is 1.42. The molecule has 2 aromatic rings. The standard InChI is InChI=1S/C19H23FN2O3S/c1-21(15-16-7-4-3-5-8-16)19(23)9-6-14-22(26(2,24)25)18-12-10-17(20)11-13-18/h3-5,7-8,10-13H,6,9,14-15H2,1-2H3. The summed E-state index contributed by atoms with van der Waals surface area (Å²) in [5.74, 6) is -0.485. The van der Waals surface area contributed by atoms with E-state index in [1.165, 1.54) is 28.6 Å². The van der Waals surface area contributed by atoms with Gasteiger partial charge in [0.15, 0.2) is 0 Å². The van der Waals surface area contributed by atoms with Gasteiger partial charge in [-0.1, -0.05) is 30.3 Å². The zero-order chi connectivity index (χ0) is 19.2. The van der Waals surface area contributed by atoms with E-state index in [0.29, 0.717) is 18.7 Å². The second-order valence-electron chi connectivity index (χ2n) is 6.15. The molecule has 0 fully saturated rings. The Morgan fingerprint density at radius 2 is 1.65 bits per heavy atom. The Labute approximate surface area is 154 Å². The highest BCUT2D eigenvalue weighted by atomic mass is 32.2. The summed E-state index contributed by atoms with van der Waals surface area (Å²) in [6, 6.07) is 14.9. The number of anilines is 1. The second kappa shape index (κ2) is 8.80. The van der Waals surface area contributed by atoms with Crippen molar-refractivity contribution in [1.29, 1.82) is 0 Å². The molecule has 0 heterocycles. The van der Waals surface area contributed by atoms with Crippen LogP contribution in [-0.2, 0) is 21.4 Å². The van der Waals surface area contributed by atoms with Crippen molar-refractivity contribution in [1.82, 2.24) is 4.90 Å². The lowest BCUT2D eigenvalue weighted by Gasteiger charge is -2.23. The molecule has 0 saturated heterocycles. The lowest BCUT2D eigenvalue weighted by Crippen LogP contribution is -2.32. The first-order chi connectivity index (χ1) is 12.3. The molecule has 0 radical (unpaired) electrons. The second-order valence-corrected chi connectivity index (χ2v) is 8.06. The van der Waals surface area contributed by atoms with Gasteiger partial charge in [0.05, 0.1) is 11.9 Å². The molecule has 140 valence electrons. The molecular formula is C19H23FN2O3S. The Kier molecular flexibility index (Phi) is 6.74. The van der Waals surface area contributed by atoms with Gasteiger partial charge in [-0.05, 0) is 36.2 Å². The third-order valence-electron chi connectivity index (χ3n) is 3.96. The molecule has 5 nitrogen and oxygen atoms in total. The third-order valence-corrected chi connectivity index (χ3v) is 5.15. The number of benzene rings is 2. The van der Waals surface area contributed by atoms with E-state index in [1.807, 2.05) is 30.3 Å². The van der Waals surface area contributed by atoms with Crippen LogP contribution in [0.2, 0.25) is 0 Å². The average Bonchev–Trinajstić information content (AvgIpc) is 2.59. The fraction of sp³-hybridized carbons (Fsp3) is 0.316. The highest BCUT2D eigenvalue weighted by Crippen LogP contribution is 2.19. The largest absolute Gasteiger partial charge is 0.341 e. The summed E-state index contributed by atoms with van der Waals surface area (Å²) in [6.07, 6.45) is 1.71. The lowest BCUT2D eigenvalue weighted by atomic mass is 10.2. The van der Waals surface area contributed by atoms with Crippen molar-refractivity contribution in [3.05, 3.63) is 66.0 Å². The SMILES string of the molecule is CN(Cc1ccccc1)C(=O)CCCN(c1ccc(F)cc1)S(C)(=O)=O. The van der Waals surface area contributed by atoms with Crippen molar-refractivity contribution < 1.29 is 17.6 Å². The molecular weight excluding hydrogens is 355 g/mol. The van der Waals surface area contributed by atoms with Gasteiger partial charge >= 0.3 is 0 Å². The van der Waals surface area contributed by atoms with Crippen molar-refractivity contribution in [2.75, 3.05) is 24.2 Å². The Bertz CT molecular complexity index is 824. The summed E-state index contributed by atoms with van der Waals surface area (Å²) >= 11 is 0. The van der Waals surface area contributed by atoms with Crippen LogP contribution in [0.25, 0.3) is 0 Å². The number of hydrogen-bond donors (Lipinski definition) is 0. The van der Waals surface area contributed by atoms with Crippen LogP contribution in [0.3, 0.4) is 0 Å². The molecule has 0 aromatic heterocycles. The molecule has 1 amide bonds.